The number of H-pyrrole nitrogens is 1. The van der Waals surface area contributed by atoms with Crippen LogP contribution in [0.4, 0.5) is 0 Å². The molecule has 0 aliphatic carbocycles. The van der Waals surface area contributed by atoms with Crippen LogP contribution in [-0.2, 0) is 11.2 Å². The number of ether oxygens (including phenoxy) is 2. The smallest absolute Gasteiger partial charge is 0.234 e. The van der Waals surface area contributed by atoms with Gasteiger partial charge in [0.2, 0.25) is 5.91 Å². The molecule has 1 atom stereocenters. The first-order valence-corrected chi connectivity index (χ1v) is 10.7. The minimum Gasteiger partial charge on any atom is -0.486 e. The van der Waals surface area contributed by atoms with Crippen LogP contribution in [0.2, 0.25) is 0 Å². The SMILES string of the molecule is O=C(CN1CCCC1c1ccc2c(c1)OCCO2)NCCc1c[nH]c2ccccc12. The Bertz CT molecular complexity index is 1050. The number of nitrogens with zero attached hydrogens (tertiary/aromatic N) is 1. The van der Waals surface area contributed by atoms with E-state index in [-0.39, 0.29) is 11.9 Å². The van der Waals surface area contributed by atoms with E-state index in [1.807, 2.05) is 24.4 Å². The lowest BCUT2D eigenvalue weighted by Crippen LogP contribution is -2.37. The largest absolute Gasteiger partial charge is 0.486 e. The van der Waals surface area contributed by atoms with Gasteiger partial charge in [-0.05, 0) is 55.1 Å². The fourth-order valence-corrected chi connectivity index (χ4v) is 4.58. The van der Waals surface area contributed by atoms with Gasteiger partial charge in [-0.2, -0.15) is 0 Å². The molecule has 3 heterocycles. The zero-order valence-corrected chi connectivity index (χ0v) is 17.0. The summed E-state index contributed by atoms with van der Waals surface area (Å²) in [5.74, 6) is 1.71. The summed E-state index contributed by atoms with van der Waals surface area (Å²) in [4.78, 5) is 18.2. The number of aromatic amines is 1. The van der Waals surface area contributed by atoms with Crippen molar-refractivity contribution in [2.45, 2.75) is 25.3 Å². The average Bonchev–Trinajstić information content (AvgIpc) is 3.41. The van der Waals surface area contributed by atoms with E-state index in [2.05, 4.69) is 39.5 Å². The molecule has 1 amide bonds. The van der Waals surface area contributed by atoms with Crippen molar-refractivity contribution >= 4 is 16.8 Å². The Morgan fingerprint density at radius 3 is 2.93 bits per heavy atom. The number of aromatic nitrogens is 1. The molecular formula is C24H27N3O3. The van der Waals surface area contributed by atoms with Crippen LogP contribution < -0.4 is 14.8 Å². The third-order valence-corrected chi connectivity index (χ3v) is 6.05. The van der Waals surface area contributed by atoms with E-state index in [4.69, 9.17) is 9.47 Å². The lowest BCUT2D eigenvalue weighted by molar-refractivity contribution is -0.122. The Kier molecular flexibility index (Phi) is 5.32. The molecule has 2 aliphatic rings. The maximum Gasteiger partial charge on any atom is 0.234 e. The van der Waals surface area contributed by atoms with Crippen molar-refractivity contribution in [3.63, 3.8) is 0 Å². The van der Waals surface area contributed by atoms with Gasteiger partial charge in [0.05, 0.1) is 6.54 Å². The molecule has 1 aromatic heterocycles. The molecule has 0 saturated carbocycles. The highest BCUT2D eigenvalue weighted by Crippen LogP contribution is 2.37. The van der Waals surface area contributed by atoms with E-state index >= 15 is 0 Å². The summed E-state index contributed by atoms with van der Waals surface area (Å²) < 4.78 is 11.4. The molecule has 2 N–H and O–H groups in total. The summed E-state index contributed by atoms with van der Waals surface area (Å²) in [7, 11) is 0. The monoisotopic (exact) mass is 405 g/mol. The molecule has 6 heteroatoms. The van der Waals surface area contributed by atoms with Crippen molar-refractivity contribution < 1.29 is 14.3 Å². The topological polar surface area (TPSA) is 66.6 Å². The number of benzene rings is 2. The van der Waals surface area contributed by atoms with E-state index < -0.39 is 0 Å². The van der Waals surface area contributed by atoms with Crippen LogP contribution in [0, 0.1) is 0 Å². The number of hydrogen-bond donors (Lipinski definition) is 2. The molecule has 5 rings (SSSR count). The van der Waals surface area contributed by atoms with E-state index in [0.29, 0.717) is 26.3 Å². The summed E-state index contributed by atoms with van der Waals surface area (Å²) >= 11 is 0. The predicted octanol–water partition coefficient (Wildman–Crippen LogP) is 3.43. The number of nitrogens with one attached hydrogen (secondary N) is 2. The normalized spacial score (nSPS) is 18.6. The molecule has 0 spiro atoms. The summed E-state index contributed by atoms with van der Waals surface area (Å²) in [5, 5.41) is 4.32. The number of hydrogen-bond acceptors (Lipinski definition) is 4. The van der Waals surface area contributed by atoms with Gasteiger partial charge in [0.15, 0.2) is 11.5 Å². The van der Waals surface area contributed by atoms with Crippen molar-refractivity contribution in [3.8, 4) is 11.5 Å². The number of rotatable bonds is 6. The Hall–Kier alpha value is -2.99. The highest BCUT2D eigenvalue weighted by molar-refractivity contribution is 5.83. The fourth-order valence-electron chi connectivity index (χ4n) is 4.58. The molecule has 2 aromatic carbocycles. The van der Waals surface area contributed by atoms with E-state index in [0.717, 1.165) is 42.8 Å². The maximum atomic E-state index is 12.6. The van der Waals surface area contributed by atoms with Gasteiger partial charge >= 0.3 is 0 Å². The first kappa shape index (κ1) is 19.0. The van der Waals surface area contributed by atoms with Crippen molar-refractivity contribution in [2.75, 3.05) is 32.8 Å². The maximum absolute atomic E-state index is 12.6. The molecule has 2 aliphatic heterocycles. The van der Waals surface area contributed by atoms with Gasteiger partial charge in [-0.3, -0.25) is 9.69 Å². The number of carbonyl (C=O) groups excluding carboxylic acids is 1. The Balaban J connectivity index is 1.17. The lowest BCUT2D eigenvalue weighted by Gasteiger charge is -2.26. The summed E-state index contributed by atoms with van der Waals surface area (Å²) in [6, 6.07) is 14.7. The molecule has 30 heavy (non-hydrogen) atoms. The second-order valence-electron chi connectivity index (χ2n) is 7.99. The number of fused-ring (bicyclic) bond motifs is 2. The highest BCUT2D eigenvalue weighted by atomic mass is 16.6. The molecule has 1 unspecified atom stereocenters. The third-order valence-electron chi connectivity index (χ3n) is 6.05. The van der Waals surface area contributed by atoms with Gasteiger partial charge in [-0.25, -0.2) is 0 Å². The first-order valence-electron chi connectivity index (χ1n) is 10.7. The fraction of sp³-hybridized carbons (Fsp3) is 0.375. The van der Waals surface area contributed by atoms with Crippen LogP contribution in [0.1, 0.15) is 30.0 Å². The Labute approximate surface area is 176 Å². The summed E-state index contributed by atoms with van der Waals surface area (Å²) in [6.45, 7) is 3.19. The number of carbonyl (C=O) groups is 1. The molecule has 1 saturated heterocycles. The first-order chi connectivity index (χ1) is 14.8. The molecule has 1 fully saturated rings. The number of para-hydroxylation sites is 1. The van der Waals surface area contributed by atoms with Gasteiger partial charge in [0, 0.05) is 29.7 Å². The van der Waals surface area contributed by atoms with Crippen LogP contribution in [0.5, 0.6) is 11.5 Å². The van der Waals surface area contributed by atoms with Crippen LogP contribution in [0.25, 0.3) is 10.9 Å². The lowest BCUT2D eigenvalue weighted by atomic mass is 10.0. The average molecular weight is 405 g/mol. The van der Waals surface area contributed by atoms with Crippen molar-refractivity contribution in [2.24, 2.45) is 0 Å². The Morgan fingerprint density at radius 2 is 2.00 bits per heavy atom. The third kappa shape index (κ3) is 3.87. The summed E-state index contributed by atoms with van der Waals surface area (Å²) in [6.07, 6.45) is 5.01. The minimum absolute atomic E-state index is 0.0827. The zero-order valence-electron chi connectivity index (χ0n) is 17.0. The number of likely N-dealkylation sites (tertiary alicyclic amines) is 1. The van der Waals surface area contributed by atoms with Crippen LogP contribution >= 0.6 is 0 Å². The molecule has 0 bridgehead atoms. The van der Waals surface area contributed by atoms with Crippen LogP contribution in [0.3, 0.4) is 0 Å². The standard InChI is InChI=1S/C24H27N3O3/c28-24(25-10-9-18-15-26-20-5-2-1-4-19(18)20)16-27-11-3-6-21(27)17-7-8-22-23(14-17)30-13-12-29-22/h1-2,4-5,7-8,14-15,21,26H,3,6,9-13,16H2,(H,25,28). The van der Waals surface area contributed by atoms with Gasteiger partial charge < -0.3 is 19.8 Å². The van der Waals surface area contributed by atoms with Gasteiger partial charge in [-0.15, -0.1) is 0 Å². The van der Waals surface area contributed by atoms with Gasteiger partial charge in [0.25, 0.3) is 0 Å². The number of amides is 1. The second kappa shape index (κ2) is 8.40. The van der Waals surface area contributed by atoms with Crippen molar-refractivity contribution in [1.82, 2.24) is 15.2 Å². The van der Waals surface area contributed by atoms with Crippen LogP contribution in [0.15, 0.2) is 48.7 Å². The van der Waals surface area contributed by atoms with E-state index in [1.54, 1.807) is 0 Å². The van der Waals surface area contributed by atoms with Gasteiger partial charge in [-0.1, -0.05) is 24.3 Å². The summed E-state index contributed by atoms with van der Waals surface area (Å²) in [5.41, 5.74) is 3.57. The molecule has 0 radical (unpaired) electrons. The van der Waals surface area contributed by atoms with Gasteiger partial charge in [0.1, 0.15) is 13.2 Å². The minimum atomic E-state index is 0.0827. The quantitative estimate of drug-likeness (QED) is 0.659. The highest BCUT2D eigenvalue weighted by Gasteiger charge is 2.28. The molecule has 6 nitrogen and oxygen atoms in total. The van der Waals surface area contributed by atoms with Crippen molar-refractivity contribution in [3.05, 3.63) is 59.8 Å². The molecular weight excluding hydrogens is 378 g/mol. The van der Waals surface area contributed by atoms with E-state index in [9.17, 15) is 4.79 Å². The zero-order chi connectivity index (χ0) is 20.3. The van der Waals surface area contributed by atoms with Crippen LogP contribution in [-0.4, -0.2) is 48.6 Å². The Morgan fingerprint density at radius 1 is 1.13 bits per heavy atom. The van der Waals surface area contributed by atoms with E-state index in [1.165, 1.54) is 16.5 Å². The second-order valence-corrected chi connectivity index (χ2v) is 7.99. The molecule has 3 aromatic rings. The van der Waals surface area contributed by atoms with Crippen molar-refractivity contribution in [1.29, 1.82) is 0 Å². The molecule has 156 valence electrons. The predicted molar refractivity (Wildman–Crippen MR) is 116 cm³/mol.